The third kappa shape index (κ3) is 5.96. The Bertz CT molecular complexity index is 1300. The van der Waals surface area contributed by atoms with Crippen molar-refractivity contribution in [3.05, 3.63) is 53.9 Å². The maximum absolute atomic E-state index is 14.4. The van der Waals surface area contributed by atoms with E-state index in [2.05, 4.69) is 27.9 Å². The molecule has 5 rings (SSSR count). The van der Waals surface area contributed by atoms with Crippen LogP contribution in [0.5, 0.6) is 0 Å². The van der Waals surface area contributed by atoms with E-state index in [4.69, 9.17) is 10.1 Å². The van der Waals surface area contributed by atoms with E-state index in [0.717, 1.165) is 25.0 Å². The zero-order valence-corrected chi connectivity index (χ0v) is 23.3. The van der Waals surface area contributed by atoms with Gasteiger partial charge < -0.3 is 20.7 Å². The molecule has 12 heteroatoms. The van der Waals surface area contributed by atoms with Gasteiger partial charge in [0.2, 0.25) is 11.0 Å². The third-order valence-corrected chi connectivity index (χ3v) is 11.2. The minimum absolute atomic E-state index is 0.111. The second-order valence-electron chi connectivity index (χ2n) is 11.3. The molecular formula is C28H36F3N5O3S. The first kappa shape index (κ1) is 28.4. The lowest BCUT2D eigenvalue weighted by Gasteiger charge is -2.35. The number of aromatic nitrogens is 1. The Morgan fingerprint density at radius 2 is 2.08 bits per heavy atom. The van der Waals surface area contributed by atoms with Gasteiger partial charge in [-0.2, -0.15) is 13.2 Å². The number of ether oxygens (including phenoxy) is 1. The average molecular weight is 580 g/mol. The van der Waals surface area contributed by atoms with E-state index >= 15 is 0 Å². The van der Waals surface area contributed by atoms with Crippen LogP contribution in [0.3, 0.4) is 0 Å². The highest BCUT2D eigenvalue weighted by atomic mass is 32.2. The quantitative estimate of drug-likeness (QED) is 0.191. The molecule has 4 heterocycles. The van der Waals surface area contributed by atoms with Crippen molar-refractivity contribution in [3.63, 3.8) is 0 Å². The lowest BCUT2D eigenvalue weighted by molar-refractivity contribution is -0.190. The van der Waals surface area contributed by atoms with Crippen LogP contribution >= 0.6 is 0 Å². The predicted molar refractivity (Wildman–Crippen MR) is 148 cm³/mol. The number of fused-ring (bicyclic) bond motifs is 5. The van der Waals surface area contributed by atoms with Crippen molar-refractivity contribution in [1.29, 1.82) is 5.41 Å². The van der Waals surface area contributed by atoms with Crippen LogP contribution in [-0.2, 0) is 19.5 Å². The number of halogens is 3. The second-order valence-corrected chi connectivity index (χ2v) is 14.0. The number of rotatable bonds is 6. The summed E-state index contributed by atoms with van der Waals surface area (Å²) >= 11 is 0. The number of nitrogens with one attached hydrogen (secondary N) is 4. The monoisotopic (exact) mass is 579 g/mol. The van der Waals surface area contributed by atoms with Gasteiger partial charge in [-0.25, -0.2) is 4.98 Å². The van der Waals surface area contributed by atoms with Crippen LogP contribution in [0.25, 0.3) is 0 Å². The molecular weight excluding hydrogens is 543 g/mol. The van der Waals surface area contributed by atoms with E-state index < -0.39 is 27.7 Å². The number of carbonyl (C=O) groups is 1. The summed E-state index contributed by atoms with van der Waals surface area (Å²) in [6.45, 7) is 1.93. The standard InChI is InChI=1S/C28H36F3N5O3S/c1-18-5-6-19-7-9-21-20(26(37)40(38,17-19)25-4-2-3-24(34-18)36-25)8-10-23(35-21)33-15-11-22(32)39-16-14-27(12-13-27)28(29,30)31/h2-4,8,10-11,15,18-19,23,32-33,35,40H,5-7,9,12-14,16-17H2,1H3,(H,34,36)/b15-11-,32-22?. The minimum atomic E-state index is -4.24. The predicted octanol–water partition coefficient (Wildman–Crippen LogP) is 4.56. The van der Waals surface area contributed by atoms with Gasteiger partial charge in [0, 0.05) is 35.3 Å². The van der Waals surface area contributed by atoms with Crippen LogP contribution in [0.2, 0.25) is 0 Å². The third-order valence-electron chi connectivity index (χ3n) is 8.30. The van der Waals surface area contributed by atoms with Gasteiger partial charge in [0.15, 0.2) is 0 Å². The molecule has 0 spiro atoms. The van der Waals surface area contributed by atoms with Gasteiger partial charge in [-0.05, 0) is 92.0 Å². The molecule has 1 fully saturated rings. The SMILES string of the molecule is CC1CCC2CCC3=C(C=CC(N/C=C\C(=N)OCCC4(C(F)(F)F)CC4)N3)C(=O)[SH](=O)(C2)c2cccc(n2)N1. The van der Waals surface area contributed by atoms with Crippen molar-refractivity contribution in [2.45, 2.75) is 75.3 Å². The molecule has 1 aliphatic carbocycles. The van der Waals surface area contributed by atoms with Crippen LogP contribution < -0.4 is 16.0 Å². The first-order chi connectivity index (χ1) is 19.0. The summed E-state index contributed by atoms with van der Waals surface area (Å²) in [7, 11) is -3.49. The Morgan fingerprint density at radius 3 is 2.83 bits per heavy atom. The van der Waals surface area contributed by atoms with Crippen LogP contribution in [0.15, 0.2) is 58.9 Å². The fraction of sp³-hybridized carbons (Fsp3) is 0.536. The van der Waals surface area contributed by atoms with E-state index in [0.29, 0.717) is 28.6 Å². The van der Waals surface area contributed by atoms with Crippen molar-refractivity contribution in [3.8, 4) is 0 Å². The largest absolute Gasteiger partial charge is 0.478 e. The summed E-state index contributed by atoms with van der Waals surface area (Å²) in [5.74, 6) is 0.810. The van der Waals surface area contributed by atoms with Gasteiger partial charge in [-0.3, -0.25) is 14.4 Å². The molecule has 1 aromatic rings. The van der Waals surface area contributed by atoms with E-state index in [9.17, 15) is 22.2 Å². The zero-order chi connectivity index (χ0) is 28.5. The van der Waals surface area contributed by atoms with Gasteiger partial charge in [0.1, 0.15) is 17.0 Å². The van der Waals surface area contributed by atoms with Crippen LogP contribution in [-0.4, -0.2) is 50.9 Å². The van der Waals surface area contributed by atoms with Crippen LogP contribution in [0.1, 0.15) is 51.9 Å². The van der Waals surface area contributed by atoms with E-state index in [1.807, 2.05) is 6.07 Å². The topological polar surface area (TPSA) is 116 Å². The lowest BCUT2D eigenvalue weighted by Crippen LogP contribution is -2.43. The summed E-state index contributed by atoms with van der Waals surface area (Å²) < 4.78 is 58.7. The normalized spacial score (nSPS) is 27.8. The average Bonchev–Trinajstić information content (AvgIpc) is 3.70. The number of nitrogens with zero attached hydrogens (tertiary/aromatic N) is 1. The molecule has 4 N–H and O–H groups in total. The molecule has 8 nitrogen and oxygen atoms in total. The smallest absolute Gasteiger partial charge is 0.394 e. The number of pyridine rings is 1. The molecule has 3 aliphatic heterocycles. The number of carbonyl (C=O) groups excluding carboxylic acids is 1. The van der Waals surface area contributed by atoms with Gasteiger partial charge >= 0.3 is 6.18 Å². The molecule has 4 bridgehead atoms. The molecule has 3 unspecified atom stereocenters. The summed E-state index contributed by atoms with van der Waals surface area (Å²) in [5, 5.41) is 17.6. The Kier molecular flexibility index (Phi) is 7.82. The van der Waals surface area contributed by atoms with Crippen LogP contribution in [0.4, 0.5) is 19.0 Å². The summed E-state index contributed by atoms with van der Waals surface area (Å²) in [6.07, 6.45) is 4.84. The number of dihydropyridines is 1. The number of thiol groups is 1. The van der Waals surface area contributed by atoms with Crippen molar-refractivity contribution in [2.24, 2.45) is 11.3 Å². The van der Waals surface area contributed by atoms with Gasteiger partial charge in [-0.15, -0.1) is 0 Å². The number of hydrogen-bond donors (Lipinski definition) is 5. The summed E-state index contributed by atoms with van der Waals surface area (Å²) in [6, 6.07) is 5.51. The van der Waals surface area contributed by atoms with Gasteiger partial charge in [0.05, 0.1) is 12.0 Å². The molecule has 0 saturated heterocycles. The Balaban J connectivity index is 1.24. The van der Waals surface area contributed by atoms with E-state index in [1.165, 1.54) is 12.3 Å². The minimum Gasteiger partial charge on any atom is -0.478 e. The summed E-state index contributed by atoms with van der Waals surface area (Å²) in [5.41, 5.74) is -0.527. The number of anilines is 1. The summed E-state index contributed by atoms with van der Waals surface area (Å²) in [4.78, 5) is 18.4. The Morgan fingerprint density at radius 1 is 1.27 bits per heavy atom. The van der Waals surface area contributed by atoms with E-state index in [1.54, 1.807) is 24.3 Å². The first-order valence-electron chi connectivity index (χ1n) is 13.8. The van der Waals surface area contributed by atoms with Crippen molar-refractivity contribution in [2.75, 3.05) is 17.7 Å². The van der Waals surface area contributed by atoms with Crippen molar-refractivity contribution >= 4 is 26.8 Å². The molecule has 1 aromatic heterocycles. The van der Waals surface area contributed by atoms with Gasteiger partial charge in [0.25, 0.3) is 0 Å². The fourth-order valence-corrected chi connectivity index (χ4v) is 8.45. The molecule has 3 atom stereocenters. The maximum atomic E-state index is 14.4. The Labute approximate surface area is 232 Å². The van der Waals surface area contributed by atoms with Crippen molar-refractivity contribution < 1.29 is 26.9 Å². The molecule has 4 aliphatic rings. The molecule has 0 amide bonds. The molecule has 218 valence electrons. The lowest BCUT2D eigenvalue weighted by atomic mass is 9.94. The zero-order valence-electron chi connectivity index (χ0n) is 22.4. The van der Waals surface area contributed by atoms with Crippen LogP contribution in [0, 0.1) is 16.7 Å². The highest BCUT2D eigenvalue weighted by Gasteiger charge is 2.62. The number of hydrogen-bond acceptors (Lipinski definition) is 8. The molecule has 0 radical (unpaired) electrons. The molecule has 1 saturated carbocycles. The maximum Gasteiger partial charge on any atom is 0.394 e. The second kappa shape index (κ2) is 11.0. The fourth-order valence-electron chi connectivity index (χ4n) is 5.60. The number of allylic oxidation sites excluding steroid dienone is 2. The number of alkyl halides is 3. The Hall–Kier alpha value is -3.15. The highest BCUT2D eigenvalue weighted by molar-refractivity contribution is 8.17. The first-order valence-corrected chi connectivity index (χ1v) is 15.6. The van der Waals surface area contributed by atoms with Crippen molar-refractivity contribution in [1.82, 2.24) is 15.6 Å². The van der Waals surface area contributed by atoms with E-state index in [-0.39, 0.29) is 48.8 Å². The highest BCUT2D eigenvalue weighted by Crippen LogP contribution is 2.59. The molecule has 0 aromatic carbocycles. The van der Waals surface area contributed by atoms with Gasteiger partial charge in [-0.1, -0.05) is 6.07 Å². The molecule has 40 heavy (non-hydrogen) atoms.